The van der Waals surface area contributed by atoms with E-state index in [-0.39, 0.29) is 17.1 Å². The molecule has 0 aliphatic carbocycles. The molecule has 0 fully saturated rings. The first kappa shape index (κ1) is 19.4. The van der Waals surface area contributed by atoms with Crippen molar-refractivity contribution in [1.29, 1.82) is 0 Å². The highest BCUT2D eigenvalue weighted by Gasteiger charge is 2.22. The molecular formula is C18H14O9. The molecule has 0 unspecified atom stereocenters. The maximum atomic E-state index is 12.4. The van der Waals surface area contributed by atoms with Crippen molar-refractivity contribution in [3.63, 3.8) is 0 Å². The third-order valence-corrected chi connectivity index (χ3v) is 3.11. The topological polar surface area (TPSA) is 136 Å². The molecule has 0 bridgehead atoms. The predicted molar refractivity (Wildman–Crippen MR) is 89.1 cm³/mol. The van der Waals surface area contributed by atoms with E-state index >= 15 is 0 Å². The molecule has 2 aromatic carbocycles. The minimum absolute atomic E-state index is 0.0267. The number of rotatable bonds is 5. The molecule has 2 rings (SSSR count). The maximum Gasteiger partial charge on any atom is 0.347 e. The van der Waals surface area contributed by atoms with Crippen LogP contribution < -0.4 is 14.2 Å². The number of hydrogen-bond acceptors (Lipinski definition) is 8. The smallest absolute Gasteiger partial charge is 0.347 e. The van der Waals surface area contributed by atoms with Crippen LogP contribution in [0, 0.1) is 0 Å². The van der Waals surface area contributed by atoms with Gasteiger partial charge in [0.25, 0.3) is 0 Å². The Bertz CT molecular complexity index is 930. The van der Waals surface area contributed by atoms with E-state index in [9.17, 15) is 24.3 Å². The molecule has 0 radical (unpaired) electrons. The lowest BCUT2D eigenvalue weighted by molar-refractivity contribution is -0.132. The summed E-state index contributed by atoms with van der Waals surface area (Å²) in [4.78, 5) is 46.0. The van der Waals surface area contributed by atoms with Crippen LogP contribution in [0.15, 0.2) is 36.4 Å². The van der Waals surface area contributed by atoms with E-state index < -0.39 is 40.9 Å². The van der Waals surface area contributed by atoms with Crippen LogP contribution in [0.1, 0.15) is 34.6 Å². The van der Waals surface area contributed by atoms with Gasteiger partial charge in [-0.15, -0.1) is 0 Å². The summed E-state index contributed by atoms with van der Waals surface area (Å²) in [5.74, 6) is -5.11. The maximum absolute atomic E-state index is 12.4. The number of carbonyl (C=O) groups is 4. The molecule has 0 aliphatic rings. The summed E-state index contributed by atoms with van der Waals surface area (Å²) in [7, 11) is 0. The molecule has 0 aliphatic heterocycles. The lowest BCUT2D eigenvalue weighted by Gasteiger charge is -2.12. The Morgan fingerprint density at radius 1 is 0.852 bits per heavy atom. The van der Waals surface area contributed by atoms with Crippen LogP contribution in [-0.2, 0) is 9.59 Å². The summed E-state index contributed by atoms with van der Waals surface area (Å²) < 4.78 is 14.8. The fourth-order valence-electron chi connectivity index (χ4n) is 2.11. The highest BCUT2D eigenvalue weighted by Crippen LogP contribution is 2.30. The highest BCUT2D eigenvalue weighted by atomic mass is 16.6. The molecule has 0 amide bonds. The Balaban J connectivity index is 2.41. The monoisotopic (exact) mass is 374 g/mol. The molecular weight excluding hydrogens is 360 g/mol. The van der Waals surface area contributed by atoms with E-state index in [0.717, 1.165) is 19.1 Å². The second-order valence-corrected chi connectivity index (χ2v) is 5.19. The number of benzene rings is 2. The quantitative estimate of drug-likeness (QED) is 0.596. The van der Waals surface area contributed by atoms with Crippen LogP contribution in [0.2, 0.25) is 0 Å². The van der Waals surface area contributed by atoms with Gasteiger partial charge in [-0.05, 0) is 24.3 Å². The zero-order valence-electron chi connectivity index (χ0n) is 14.2. The van der Waals surface area contributed by atoms with Gasteiger partial charge in [-0.3, -0.25) is 9.59 Å². The van der Waals surface area contributed by atoms with E-state index in [2.05, 4.69) is 0 Å². The van der Waals surface area contributed by atoms with Gasteiger partial charge >= 0.3 is 23.9 Å². The average Bonchev–Trinajstić information content (AvgIpc) is 2.53. The fraction of sp³-hybridized carbons (Fsp3) is 0.111. The number of carboxylic acid groups (broad SMARTS) is 1. The Morgan fingerprint density at radius 2 is 1.52 bits per heavy atom. The van der Waals surface area contributed by atoms with Crippen LogP contribution >= 0.6 is 0 Å². The molecule has 27 heavy (non-hydrogen) atoms. The molecule has 0 heterocycles. The van der Waals surface area contributed by atoms with Gasteiger partial charge in [0.15, 0.2) is 0 Å². The van der Waals surface area contributed by atoms with E-state index in [1.165, 1.54) is 31.2 Å². The Morgan fingerprint density at radius 3 is 2.11 bits per heavy atom. The van der Waals surface area contributed by atoms with Crippen LogP contribution in [0.4, 0.5) is 0 Å². The molecule has 0 saturated carbocycles. The minimum Gasteiger partial charge on any atom is -0.507 e. The summed E-state index contributed by atoms with van der Waals surface area (Å²) >= 11 is 0. The summed E-state index contributed by atoms with van der Waals surface area (Å²) in [6, 6.07) is 7.19. The molecule has 0 saturated heterocycles. The van der Waals surface area contributed by atoms with Crippen molar-refractivity contribution in [2.75, 3.05) is 0 Å². The van der Waals surface area contributed by atoms with Crippen molar-refractivity contribution in [1.82, 2.24) is 0 Å². The molecule has 2 N–H and O–H groups in total. The minimum atomic E-state index is -1.50. The molecule has 0 aromatic heterocycles. The standard InChI is InChI=1S/C18H14O9/c1-9(19)25-11-6-7-12(15(8-11)26-10(2)20)18(24)27-14-5-3-4-13(21)16(14)17(22)23/h3-8,21H,1-2H3,(H,22,23). The first-order chi connectivity index (χ1) is 12.7. The summed E-state index contributed by atoms with van der Waals surface area (Å²) in [6.45, 7) is 2.27. The first-order valence-corrected chi connectivity index (χ1v) is 7.47. The van der Waals surface area contributed by atoms with Crippen molar-refractivity contribution in [3.05, 3.63) is 47.5 Å². The summed E-state index contributed by atoms with van der Waals surface area (Å²) in [5, 5.41) is 18.8. The number of carboxylic acids is 1. The number of aromatic carboxylic acids is 1. The average molecular weight is 374 g/mol. The second kappa shape index (κ2) is 8.00. The van der Waals surface area contributed by atoms with Crippen LogP contribution in [-0.4, -0.2) is 34.1 Å². The molecule has 9 nitrogen and oxygen atoms in total. The third kappa shape index (κ3) is 4.82. The summed E-state index contributed by atoms with van der Waals surface area (Å²) in [6.07, 6.45) is 0. The van der Waals surface area contributed by atoms with Gasteiger partial charge in [0.2, 0.25) is 0 Å². The van der Waals surface area contributed by atoms with Gasteiger partial charge in [0.05, 0.1) is 0 Å². The van der Waals surface area contributed by atoms with Crippen molar-refractivity contribution in [2.45, 2.75) is 13.8 Å². The van der Waals surface area contributed by atoms with E-state index in [4.69, 9.17) is 19.3 Å². The van der Waals surface area contributed by atoms with Crippen molar-refractivity contribution in [2.24, 2.45) is 0 Å². The van der Waals surface area contributed by atoms with Crippen molar-refractivity contribution < 1.29 is 43.6 Å². The number of aromatic hydroxyl groups is 1. The van der Waals surface area contributed by atoms with E-state index in [1.54, 1.807) is 0 Å². The second-order valence-electron chi connectivity index (χ2n) is 5.19. The fourth-order valence-corrected chi connectivity index (χ4v) is 2.11. The van der Waals surface area contributed by atoms with E-state index in [1.807, 2.05) is 0 Å². The van der Waals surface area contributed by atoms with Gasteiger partial charge in [-0.25, -0.2) is 9.59 Å². The Labute approximate surface area is 152 Å². The van der Waals surface area contributed by atoms with Gasteiger partial charge < -0.3 is 24.4 Å². The van der Waals surface area contributed by atoms with Crippen LogP contribution in [0.5, 0.6) is 23.0 Å². The van der Waals surface area contributed by atoms with Gasteiger partial charge in [-0.1, -0.05) is 6.07 Å². The predicted octanol–water partition coefficient (Wildman–Crippen LogP) is 2.16. The first-order valence-electron chi connectivity index (χ1n) is 7.47. The van der Waals surface area contributed by atoms with E-state index in [0.29, 0.717) is 0 Å². The highest BCUT2D eigenvalue weighted by molar-refractivity contribution is 5.99. The van der Waals surface area contributed by atoms with Crippen molar-refractivity contribution in [3.8, 4) is 23.0 Å². The summed E-state index contributed by atoms with van der Waals surface area (Å²) in [5.41, 5.74) is -0.822. The zero-order valence-corrected chi connectivity index (χ0v) is 14.2. The SMILES string of the molecule is CC(=O)Oc1ccc(C(=O)Oc2cccc(O)c2C(=O)O)c(OC(C)=O)c1. The largest absolute Gasteiger partial charge is 0.507 e. The lowest BCUT2D eigenvalue weighted by atomic mass is 10.1. The van der Waals surface area contributed by atoms with Crippen molar-refractivity contribution >= 4 is 23.9 Å². The number of carbonyl (C=O) groups excluding carboxylic acids is 3. The molecule has 140 valence electrons. The van der Waals surface area contributed by atoms with Crippen LogP contribution in [0.3, 0.4) is 0 Å². The number of hydrogen-bond donors (Lipinski definition) is 2. The zero-order chi connectivity index (χ0) is 20.1. The molecule has 2 aromatic rings. The molecule has 0 atom stereocenters. The van der Waals surface area contributed by atoms with Gasteiger partial charge in [-0.2, -0.15) is 0 Å². The molecule has 9 heteroatoms. The Hall–Kier alpha value is -3.88. The van der Waals surface area contributed by atoms with Gasteiger partial charge in [0, 0.05) is 19.9 Å². The normalized spacial score (nSPS) is 10.0. The number of esters is 3. The lowest BCUT2D eigenvalue weighted by Crippen LogP contribution is -2.15. The number of phenols is 1. The van der Waals surface area contributed by atoms with Gasteiger partial charge in [0.1, 0.15) is 34.1 Å². The van der Waals surface area contributed by atoms with Crippen LogP contribution in [0.25, 0.3) is 0 Å². The third-order valence-electron chi connectivity index (χ3n) is 3.11. The Kier molecular flexibility index (Phi) is 5.76. The number of ether oxygens (including phenoxy) is 3. The molecule has 0 spiro atoms.